The number of benzene rings is 2. The molecule has 4 rings (SSSR count). The van der Waals surface area contributed by atoms with Gasteiger partial charge in [0.05, 0.1) is 31.3 Å². The predicted molar refractivity (Wildman–Crippen MR) is 113 cm³/mol. The van der Waals surface area contributed by atoms with Crippen molar-refractivity contribution >= 4 is 17.3 Å². The summed E-state index contributed by atoms with van der Waals surface area (Å²) in [5.74, 6) is 0.586. The normalized spacial score (nSPS) is 13.7. The van der Waals surface area contributed by atoms with Crippen molar-refractivity contribution < 1.29 is 14.3 Å². The first-order valence-electron chi connectivity index (χ1n) is 9.86. The van der Waals surface area contributed by atoms with Gasteiger partial charge in [0.2, 0.25) is 0 Å². The number of amides is 1. The maximum absolute atomic E-state index is 13.3. The number of anilines is 2. The van der Waals surface area contributed by atoms with E-state index in [1.807, 2.05) is 18.2 Å². The SMILES string of the molecule is COc1cccc(OC)c1C(=O)Nc1cc(-n2cnnn2)ccc1N1CCCCC1. The van der Waals surface area contributed by atoms with Gasteiger partial charge in [-0.25, -0.2) is 4.68 Å². The summed E-state index contributed by atoms with van der Waals surface area (Å²) in [6, 6.07) is 11.1. The average Bonchev–Trinajstić information content (AvgIpc) is 3.34. The summed E-state index contributed by atoms with van der Waals surface area (Å²) in [6.07, 6.45) is 5.00. The minimum Gasteiger partial charge on any atom is -0.496 e. The van der Waals surface area contributed by atoms with Crippen molar-refractivity contribution in [2.75, 3.05) is 37.5 Å². The summed E-state index contributed by atoms with van der Waals surface area (Å²) in [6.45, 7) is 1.90. The molecule has 1 amide bonds. The van der Waals surface area contributed by atoms with E-state index in [1.165, 1.54) is 27.0 Å². The number of rotatable bonds is 6. The van der Waals surface area contributed by atoms with E-state index in [0.29, 0.717) is 22.7 Å². The van der Waals surface area contributed by atoms with E-state index in [-0.39, 0.29) is 5.91 Å². The van der Waals surface area contributed by atoms with Crippen molar-refractivity contribution in [1.82, 2.24) is 20.2 Å². The maximum atomic E-state index is 13.3. The fourth-order valence-corrected chi connectivity index (χ4v) is 3.72. The lowest BCUT2D eigenvalue weighted by atomic mass is 10.1. The molecule has 0 radical (unpaired) electrons. The Labute approximate surface area is 174 Å². The minimum absolute atomic E-state index is 0.309. The fraction of sp³-hybridized carbons (Fsp3) is 0.333. The number of ether oxygens (including phenoxy) is 2. The van der Waals surface area contributed by atoms with Crippen LogP contribution in [0.2, 0.25) is 0 Å². The third-order valence-electron chi connectivity index (χ3n) is 5.19. The van der Waals surface area contributed by atoms with Gasteiger partial charge in [0.15, 0.2) is 0 Å². The van der Waals surface area contributed by atoms with Crippen molar-refractivity contribution in [1.29, 1.82) is 0 Å². The van der Waals surface area contributed by atoms with Gasteiger partial charge in [-0.3, -0.25) is 4.79 Å². The summed E-state index contributed by atoms with van der Waals surface area (Å²) in [5, 5.41) is 14.4. The molecule has 0 spiro atoms. The third-order valence-corrected chi connectivity index (χ3v) is 5.19. The highest BCUT2D eigenvalue weighted by atomic mass is 16.5. The molecule has 1 N–H and O–H groups in total. The fourth-order valence-electron chi connectivity index (χ4n) is 3.72. The largest absolute Gasteiger partial charge is 0.496 e. The molecule has 1 fully saturated rings. The Morgan fingerprint density at radius 3 is 2.40 bits per heavy atom. The number of tetrazole rings is 1. The highest BCUT2D eigenvalue weighted by Gasteiger charge is 2.22. The number of hydrogen-bond donors (Lipinski definition) is 1. The number of methoxy groups -OCH3 is 2. The van der Waals surface area contributed by atoms with Gasteiger partial charge in [0.1, 0.15) is 23.4 Å². The zero-order valence-corrected chi connectivity index (χ0v) is 17.0. The Hall–Kier alpha value is -3.62. The van der Waals surface area contributed by atoms with Crippen LogP contribution in [0, 0.1) is 0 Å². The molecule has 30 heavy (non-hydrogen) atoms. The van der Waals surface area contributed by atoms with Crippen LogP contribution in [0.25, 0.3) is 5.69 Å². The van der Waals surface area contributed by atoms with Crippen molar-refractivity contribution in [3.63, 3.8) is 0 Å². The number of hydrogen-bond acceptors (Lipinski definition) is 7. The first-order valence-corrected chi connectivity index (χ1v) is 9.86. The molecule has 156 valence electrons. The molecule has 1 aliphatic heterocycles. The van der Waals surface area contributed by atoms with E-state index in [0.717, 1.165) is 37.3 Å². The van der Waals surface area contributed by atoms with Crippen LogP contribution in [0.4, 0.5) is 11.4 Å². The molecule has 0 unspecified atom stereocenters. The van der Waals surface area contributed by atoms with E-state index >= 15 is 0 Å². The Bertz CT molecular complexity index is 993. The van der Waals surface area contributed by atoms with Gasteiger partial charge in [-0.15, -0.1) is 5.10 Å². The monoisotopic (exact) mass is 408 g/mol. The lowest BCUT2D eigenvalue weighted by Crippen LogP contribution is -2.30. The zero-order chi connectivity index (χ0) is 20.9. The van der Waals surface area contributed by atoms with E-state index in [9.17, 15) is 4.79 Å². The number of carbonyl (C=O) groups excluding carboxylic acids is 1. The molecule has 9 heteroatoms. The molecule has 9 nitrogen and oxygen atoms in total. The lowest BCUT2D eigenvalue weighted by molar-refractivity contribution is 0.102. The molecule has 0 saturated carbocycles. The van der Waals surface area contributed by atoms with Gasteiger partial charge >= 0.3 is 0 Å². The first-order chi connectivity index (χ1) is 14.7. The van der Waals surface area contributed by atoms with Crippen LogP contribution >= 0.6 is 0 Å². The summed E-state index contributed by atoms with van der Waals surface area (Å²) in [4.78, 5) is 15.6. The van der Waals surface area contributed by atoms with E-state index in [2.05, 4.69) is 25.7 Å². The molecule has 2 aromatic carbocycles. The molecule has 0 atom stereocenters. The third kappa shape index (κ3) is 3.91. The number of nitrogens with zero attached hydrogens (tertiary/aromatic N) is 5. The van der Waals surface area contributed by atoms with Crippen LogP contribution in [-0.4, -0.2) is 53.4 Å². The number of piperidine rings is 1. The summed E-state index contributed by atoms with van der Waals surface area (Å²) in [5.41, 5.74) is 2.75. The molecule has 1 aliphatic rings. The molecule has 3 aromatic rings. The predicted octanol–water partition coefficient (Wildman–Crippen LogP) is 2.92. The van der Waals surface area contributed by atoms with Crippen LogP contribution < -0.4 is 19.7 Å². The molecule has 2 heterocycles. The van der Waals surface area contributed by atoms with E-state index < -0.39 is 0 Å². The number of nitrogens with one attached hydrogen (secondary N) is 1. The highest BCUT2D eigenvalue weighted by Crippen LogP contribution is 2.33. The Morgan fingerprint density at radius 1 is 1.03 bits per heavy atom. The minimum atomic E-state index is -0.309. The smallest absolute Gasteiger partial charge is 0.263 e. The van der Waals surface area contributed by atoms with Crippen LogP contribution in [-0.2, 0) is 0 Å². The molecule has 1 aromatic heterocycles. The van der Waals surface area contributed by atoms with Crippen molar-refractivity contribution in [2.24, 2.45) is 0 Å². The Morgan fingerprint density at radius 2 is 1.77 bits per heavy atom. The molecule has 0 aliphatic carbocycles. The topological polar surface area (TPSA) is 94.4 Å². The molecule has 0 bridgehead atoms. The molecular weight excluding hydrogens is 384 g/mol. The van der Waals surface area contributed by atoms with E-state index in [4.69, 9.17) is 9.47 Å². The van der Waals surface area contributed by atoms with Crippen LogP contribution in [0.5, 0.6) is 11.5 Å². The van der Waals surface area contributed by atoms with Crippen LogP contribution in [0.1, 0.15) is 29.6 Å². The lowest BCUT2D eigenvalue weighted by Gasteiger charge is -2.31. The van der Waals surface area contributed by atoms with Gasteiger partial charge < -0.3 is 19.7 Å². The Balaban J connectivity index is 1.73. The summed E-state index contributed by atoms with van der Waals surface area (Å²) < 4.78 is 12.3. The summed E-state index contributed by atoms with van der Waals surface area (Å²) in [7, 11) is 3.06. The number of carbonyl (C=O) groups is 1. The summed E-state index contributed by atoms with van der Waals surface area (Å²) >= 11 is 0. The second kappa shape index (κ2) is 8.81. The first kappa shape index (κ1) is 19.7. The second-order valence-electron chi connectivity index (χ2n) is 7.00. The zero-order valence-electron chi connectivity index (χ0n) is 17.0. The Kier molecular flexibility index (Phi) is 5.78. The average molecular weight is 408 g/mol. The second-order valence-corrected chi connectivity index (χ2v) is 7.00. The molecule has 1 saturated heterocycles. The van der Waals surface area contributed by atoms with Crippen molar-refractivity contribution in [3.8, 4) is 17.2 Å². The van der Waals surface area contributed by atoms with Crippen molar-refractivity contribution in [2.45, 2.75) is 19.3 Å². The highest BCUT2D eigenvalue weighted by molar-refractivity contribution is 6.09. The van der Waals surface area contributed by atoms with Gasteiger partial charge in [0.25, 0.3) is 5.91 Å². The van der Waals surface area contributed by atoms with Crippen LogP contribution in [0.15, 0.2) is 42.7 Å². The van der Waals surface area contributed by atoms with Gasteiger partial charge in [0, 0.05) is 13.1 Å². The molecular formula is C21H24N6O3. The van der Waals surface area contributed by atoms with Gasteiger partial charge in [-0.2, -0.15) is 0 Å². The van der Waals surface area contributed by atoms with Crippen LogP contribution in [0.3, 0.4) is 0 Å². The van der Waals surface area contributed by atoms with Gasteiger partial charge in [-0.05, 0) is 60.0 Å². The van der Waals surface area contributed by atoms with E-state index in [1.54, 1.807) is 22.9 Å². The quantitative estimate of drug-likeness (QED) is 0.670. The van der Waals surface area contributed by atoms with Gasteiger partial charge in [-0.1, -0.05) is 6.07 Å². The number of aromatic nitrogens is 4. The maximum Gasteiger partial charge on any atom is 0.263 e. The standard InChI is InChI=1S/C21H24N6O3/c1-29-18-7-6-8-19(30-2)20(18)21(28)23-16-13-15(27-14-22-24-25-27)9-10-17(16)26-11-4-3-5-12-26/h6-10,13-14H,3-5,11-12H2,1-2H3,(H,23,28). The van der Waals surface area contributed by atoms with Crippen molar-refractivity contribution in [3.05, 3.63) is 48.3 Å².